The van der Waals surface area contributed by atoms with Crippen LogP contribution in [0, 0.1) is 5.82 Å². The summed E-state index contributed by atoms with van der Waals surface area (Å²) >= 11 is 5.69. The largest absolute Gasteiger partial charge is 0.336 e. The highest BCUT2D eigenvalue weighted by Gasteiger charge is 2.17. The van der Waals surface area contributed by atoms with Crippen molar-refractivity contribution in [2.45, 2.75) is 6.54 Å². The van der Waals surface area contributed by atoms with E-state index < -0.39 is 5.82 Å². The van der Waals surface area contributed by atoms with Gasteiger partial charge in [-0.3, -0.25) is 0 Å². The maximum absolute atomic E-state index is 12.9. The fraction of sp³-hybridized carbons (Fsp3) is 0.417. The molecule has 1 aliphatic heterocycles. The molecule has 2 N–H and O–H groups in total. The molecule has 2 amide bonds. The van der Waals surface area contributed by atoms with Crippen LogP contribution in [0.15, 0.2) is 18.2 Å². The lowest BCUT2D eigenvalue weighted by atomic mass is 10.2. The molecule has 1 fully saturated rings. The SMILES string of the molecule is O=C1NCCN1CCNCc1ccc(F)c(Cl)c1. The number of benzene rings is 1. The van der Waals surface area contributed by atoms with Crippen molar-refractivity contribution in [2.75, 3.05) is 26.2 Å². The van der Waals surface area contributed by atoms with Crippen molar-refractivity contribution in [3.8, 4) is 0 Å². The van der Waals surface area contributed by atoms with E-state index in [0.717, 1.165) is 12.1 Å². The lowest BCUT2D eigenvalue weighted by molar-refractivity contribution is 0.217. The molecule has 0 unspecified atom stereocenters. The molecule has 98 valence electrons. The number of amides is 2. The zero-order chi connectivity index (χ0) is 13.0. The van der Waals surface area contributed by atoms with Crippen molar-refractivity contribution in [3.63, 3.8) is 0 Å². The van der Waals surface area contributed by atoms with Gasteiger partial charge < -0.3 is 15.5 Å². The van der Waals surface area contributed by atoms with Crippen molar-refractivity contribution < 1.29 is 9.18 Å². The molecule has 0 bridgehead atoms. The zero-order valence-corrected chi connectivity index (χ0v) is 10.6. The summed E-state index contributed by atoms with van der Waals surface area (Å²) in [5.74, 6) is -0.408. The van der Waals surface area contributed by atoms with Gasteiger partial charge in [-0.2, -0.15) is 0 Å². The number of carbonyl (C=O) groups excluding carboxylic acids is 1. The van der Waals surface area contributed by atoms with Gasteiger partial charge in [0.2, 0.25) is 0 Å². The molecule has 0 radical (unpaired) electrons. The Balaban J connectivity index is 1.71. The van der Waals surface area contributed by atoms with Gasteiger partial charge >= 0.3 is 6.03 Å². The van der Waals surface area contributed by atoms with Crippen LogP contribution < -0.4 is 10.6 Å². The Kier molecular flexibility index (Phi) is 4.38. The van der Waals surface area contributed by atoms with E-state index in [1.807, 2.05) is 0 Å². The fourth-order valence-electron chi connectivity index (χ4n) is 1.82. The molecule has 4 nitrogen and oxygen atoms in total. The lowest BCUT2D eigenvalue weighted by Gasteiger charge is -2.14. The van der Waals surface area contributed by atoms with Crippen molar-refractivity contribution in [1.82, 2.24) is 15.5 Å². The van der Waals surface area contributed by atoms with Gasteiger partial charge in [0.05, 0.1) is 5.02 Å². The third-order valence-corrected chi connectivity index (χ3v) is 3.11. The van der Waals surface area contributed by atoms with Crippen molar-refractivity contribution >= 4 is 17.6 Å². The first kappa shape index (κ1) is 13.1. The van der Waals surface area contributed by atoms with Crippen LogP contribution in [0.25, 0.3) is 0 Å². The normalized spacial score (nSPS) is 15.0. The van der Waals surface area contributed by atoms with E-state index in [4.69, 9.17) is 11.6 Å². The quantitative estimate of drug-likeness (QED) is 0.799. The fourth-order valence-corrected chi connectivity index (χ4v) is 2.02. The Morgan fingerprint density at radius 3 is 3.00 bits per heavy atom. The van der Waals surface area contributed by atoms with Crippen LogP contribution in [0.4, 0.5) is 9.18 Å². The second kappa shape index (κ2) is 6.02. The Morgan fingerprint density at radius 2 is 2.33 bits per heavy atom. The second-order valence-corrected chi connectivity index (χ2v) is 4.55. The summed E-state index contributed by atoms with van der Waals surface area (Å²) in [5.41, 5.74) is 0.923. The van der Waals surface area contributed by atoms with Gasteiger partial charge in [-0.15, -0.1) is 0 Å². The molecule has 1 aromatic rings. The van der Waals surface area contributed by atoms with Crippen LogP contribution in [0.2, 0.25) is 5.02 Å². The van der Waals surface area contributed by atoms with E-state index in [2.05, 4.69) is 10.6 Å². The predicted molar refractivity (Wildman–Crippen MR) is 68.1 cm³/mol. The van der Waals surface area contributed by atoms with Gasteiger partial charge in [-0.25, -0.2) is 9.18 Å². The summed E-state index contributed by atoms with van der Waals surface area (Å²) < 4.78 is 12.9. The van der Waals surface area contributed by atoms with Crippen molar-refractivity contribution in [2.24, 2.45) is 0 Å². The van der Waals surface area contributed by atoms with Gasteiger partial charge in [0, 0.05) is 32.7 Å². The number of hydrogen-bond donors (Lipinski definition) is 2. The molecule has 0 aliphatic carbocycles. The van der Waals surface area contributed by atoms with Crippen LogP contribution in [-0.4, -0.2) is 37.1 Å². The Labute approximate surface area is 110 Å². The van der Waals surface area contributed by atoms with Crippen LogP contribution in [0.3, 0.4) is 0 Å². The standard InChI is InChI=1S/C12H15ClFN3O/c13-10-7-9(1-2-11(10)14)8-15-3-5-17-6-4-16-12(17)18/h1-2,7,15H,3-6,8H2,(H,16,18). The Bertz CT molecular complexity index is 441. The van der Waals surface area contributed by atoms with Gasteiger partial charge in [0.1, 0.15) is 5.82 Å². The molecule has 2 rings (SSSR count). The van der Waals surface area contributed by atoms with Gasteiger partial charge in [0.25, 0.3) is 0 Å². The van der Waals surface area contributed by atoms with E-state index >= 15 is 0 Å². The highest BCUT2D eigenvalue weighted by atomic mass is 35.5. The topological polar surface area (TPSA) is 44.4 Å². The van der Waals surface area contributed by atoms with E-state index in [1.54, 1.807) is 17.0 Å². The van der Waals surface area contributed by atoms with E-state index in [-0.39, 0.29) is 11.1 Å². The smallest absolute Gasteiger partial charge is 0.317 e. The third kappa shape index (κ3) is 3.34. The van der Waals surface area contributed by atoms with Crippen molar-refractivity contribution in [1.29, 1.82) is 0 Å². The summed E-state index contributed by atoms with van der Waals surface area (Å²) in [7, 11) is 0. The minimum absolute atomic E-state index is 0.0124. The lowest BCUT2D eigenvalue weighted by Crippen LogP contribution is -2.34. The summed E-state index contributed by atoms with van der Waals surface area (Å²) in [4.78, 5) is 13.0. The molecule has 0 spiro atoms. The molecule has 1 saturated heterocycles. The van der Waals surface area contributed by atoms with Crippen LogP contribution in [-0.2, 0) is 6.54 Å². The predicted octanol–water partition coefficient (Wildman–Crippen LogP) is 1.59. The van der Waals surface area contributed by atoms with Gasteiger partial charge in [-0.1, -0.05) is 17.7 Å². The average Bonchev–Trinajstić information content (AvgIpc) is 2.75. The van der Waals surface area contributed by atoms with Gasteiger partial charge in [-0.05, 0) is 17.7 Å². The van der Waals surface area contributed by atoms with E-state index in [0.29, 0.717) is 26.2 Å². The van der Waals surface area contributed by atoms with Crippen molar-refractivity contribution in [3.05, 3.63) is 34.6 Å². The van der Waals surface area contributed by atoms with Gasteiger partial charge in [0.15, 0.2) is 0 Å². The molecule has 6 heteroatoms. The number of urea groups is 1. The number of carbonyl (C=O) groups is 1. The molecular weight excluding hydrogens is 257 g/mol. The summed E-state index contributed by atoms with van der Waals surface area (Å²) in [6, 6.07) is 4.64. The average molecular weight is 272 g/mol. The summed E-state index contributed by atoms with van der Waals surface area (Å²) in [5, 5.41) is 6.07. The molecule has 0 atom stereocenters. The van der Waals surface area contributed by atoms with Crippen LogP contribution >= 0.6 is 11.6 Å². The first-order valence-electron chi connectivity index (χ1n) is 5.84. The minimum atomic E-state index is -0.408. The molecule has 18 heavy (non-hydrogen) atoms. The number of nitrogens with one attached hydrogen (secondary N) is 2. The molecule has 1 aliphatic rings. The third-order valence-electron chi connectivity index (χ3n) is 2.82. The highest BCUT2D eigenvalue weighted by molar-refractivity contribution is 6.30. The molecular formula is C12H15ClFN3O. The molecule has 0 aromatic heterocycles. The molecule has 0 saturated carbocycles. The van der Waals surface area contributed by atoms with E-state index in [1.165, 1.54) is 6.07 Å². The van der Waals surface area contributed by atoms with Crippen LogP contribution in [0.5, 0.6) is 0 Å². The van der Waals surface area contributed by atoms with Crippen LogP contribution in [0.1, 0.15) is 5.56 Å². The number of halogens is 2. The number of nitrogens with zero attached hydrogens (tertiary/aromatic N) is 1. The minimum Gasteiger partial charge on any atom is -0.336 e. The zero-order valence-electron chi connectivity index (χ0n) is 9.88. The second-order valence-electron chi connectivity index (χ2n) is 4.14. The monoisotopic (exact) mass is 271 g/mol. The molecule has 1 aromatic carbocycles. The maximum Gasteiger partial charge on any atom is 0.317 e. The highest BCUT2D eigenvalue weighted by Crippen LogP contribution is 2.15. The number of rotatable bonds is 5. The summed E-state index contributed by atoms with van der Waals surface area (Å²) in [6.07, 6.45) is 0. The first-order chi connectivity index (χ1) is 8.66. The Morgan fingerprint density at radius 1 is 1.50 bits per heavy atom. The first-order valence-corrected chi connectivity index (χ1v) is 6.22. The molecule has 1 heterocycles. The van der Waals surface area contributed by atoms with E-state index in [9.17, 15) is 9.18 Å². The Hall–Kier alpha value is -1.33. The number of hydrogen-bond acceptors (Lipinski definition) is 2. The summed E-state index contributed by atoms with van der Waals surface area (Å²) in [6.45, 7) is 3.44. The maximum atomic E-state index is 12.9.